The first kappa shape index (κ1) is 15.9. The van der Waals surface area contributed by atoms with Crippen molar-refractivity contribution in [2.45, 2.75) is 5.92 Å². The second-order valence-corrected chi connectivity index (χ2v) is 6.93. The van der Waals surface area contributed by atoms with Gasteiger partial charge in [-0.15, -0.1) is 0 Å². The quantitative estimate of drug-likeness (QED) is 0.606. The number of aromatic amines is 1. The van der Waals surface area contributed by atoms with Crippen LogP contribution in [0, 0.1) is 0 Å². The Balaban J connectivity index is 1.18. The molecule has 1 fully saturated rings. The molecule has 1 saturated heterocycles. The van der Waals surface area contributed by atoms with Gasteiger partial charge in [-0.1, -0.05) is 42.5 Å². The van der Waals surface area contributed by atoms with Gasteiger partial charge in [0.15, 0.2) is 6.61 Å². The van der Waals surface area contributed by atoms with Crippen LogP contribution in [0.25, 0.3) is 21.8 Å². The van der Waals surface area contributed by atoms with E-state index >= 15 is 0 Å². The third kappa shape index (κ3) is 3.01. The van der Waals surface area contributed by atoms with Crippen LogP contribution in [0.4, 0.5) is 0 Å². The van der Waals surface area contributed by atoms with Crippen LogP contribution in [-0.4, -0.2) is 40.5 Å². The number of hydrogen-bond donors (Lipinski definition) is 1. The molecule has 0 unspecified atom stereocenters. The lowest BCUT2D eigenvalue weighted by molar-refractivity contribution is -0.137. The van der Waals surface area contributed by atoms with Crippen molar-refractivity contribution in [2.75, 3.05) is 19.7 Å². The van der Waals surface area contributed by atoms with Gasteiger partial charge in [0.25, 0.3) is 5.91 Å². The predicted molar refractivity (Wildman–Crippen MR) is 105 cm³/mol. The zero-order valence-corrected chi connectivity index (χ0v) is 14.8. The van der Waals surface area contributed by atoms with Crippen molar-refractivity contribution in [3.05, 3.63) is 72.6 Å². The van der Waals surface area contributed by atoms with Crippen molar-refractivity contribution in [1.82, 2.24) is 14.9 Å². The normalized spacial score (nSPS) is 14.4. The molecule has 0 radical (unpaired) electrons. The number of aromatic nitrogens is 2. The van der Waals surface area contributed by atoms with Gasteiger partial charge in [0.2, 0.25) is 0 Å². The number of nitrogens with one attached hydrogen (secondary N) is 1. The summed E-state index contributed by atoms with van der Waals surface area (Å²) in [5.74, 6) is 1.95. The van der Waals surface area contributed by atoms with Gasteiger partial charge in [-0.2, -0.15) is 0 Å². The number of ether oxygens (including phenoxy) is 1. The Labute approximate surface area is 156 Å². The second kappa shape index (κ2) is 6.43. The van der Waals surface area contributed by atoms with Crippen LogP contribution >= 0.6 is 0 Å². The van der Waals surface area contributed by atoms with Gasteiger partial charge in [0, 0.05) is 13.1 Å². The molecule has 1 aliphatic rings. The lowest BCUT2D eigenvalue weighted by Gasteiger charge is -2.38. The molecule has 134 valence electrons. The van der Waals surface area contributed by atoms with Gasteiger partial charge in [0.1, 0.15) is 11.6 Å². The molecule has 1 aromatic heterocycles. The molecule has 1 N–H and O–H groups in total. The van der Waals surface area contributed by atoms with Gasteiger partial charge >= 0.3 is 0 Å². The highest BCUT2D eigenvalue weighted by Gasteiger charge is 2.33. The molecule has 5 heteroatoms. The van der Waals surface area contributed by atoms with Gasteiger partial charge in [-0.25, -0.2) is 4.98 Å². The molecule has 2 heterocycles. The van der Waals surface area contributed by atoms with Crippen molar-refractivity contribution in [1.29, 1.82) is 0 Å². The number of H-pyrrole nitrogens is 1. The van der Waals surface area contributed by atoms with Crippen molar-refractivity contribution in [2.24, 2.45) is 0 Å². The van der Waals surface area contributed by atoms with Gasteiger partial charge < -0.3 is 14.6 Å². The maximum absolute atomic E-state index is 12.4. The Morgan fingerprint density at radius 3 is 2.67 bits per heavy atom. The van der Waals surface area contributed by atoms with E-state index in [0.717, 1.165) is 33.4 Å². The van der Waals surface area contributed by atoms with E-state index in [4.69, 9.17) is 4.74 Å². The summed E-state index contributed by atoms with van der Waals surface area (Å²) in [6.45, 7) is 1.42. The molecule has 0 saturated carbocycles. The Morgan fingerprint density at radius 1 is 1.04 bits per heavy atom. The largest absolute Gasteiger partial charge is 0.484 e. The number of imidazole rings is 1. The van der Waals surface area contributed by atoms with Crippen LogP contribution in [-0.2, 0) is 4.79 Å². The number of hydrogen-bond acceptors (Lipinski definition) is 3. The van der Waals surface area contributed by atoms with Crippen molar-refractivity contribution in [3.8, 4) is 5.75 Å². The average molecular weight is 357 g/mol. The molecule has 1 amide bonds. The monoisotopic (exact) mass is 357 g/mol. The van der Waals surface area contributed by atoms with E-state index in [1.807, 2.05) is 65.6 Å². The summed E-state index contributed by atoms with van der Waals surface area (Å²) < 4.78 is 5.71. The van der Waals surface area contributed by atoms with E-state index in [9.17, 15) is 4.79 Å². The highest BCUT2D eigenvalue weighted by Crippen LogP contribution is 2.27. The lowest BCUT2D eigenvalue weighted by Crippen LogP contribution is -2.50. The minimum Gasteiger partial charge on any atom is -0.484 e. The minimum atomic E-state index is 0.00974. The minimum absolute atomic E-state index is 0.00974. The number of likely N-dealkylation sites (tertiary alicyclic amines) is 1. The van der Waals surface area contributed by atoms with E-state index in [-0.39, 0.29) is 18.4 Å². The fourth-order valence-electron chi connectivity index (χ4n) is 3.51. The highest BCUT2D eigenvalue weighted by atomic mass is 16.5. The molecular formula is C22H19N3O2. The fourth-order valence-corrected chi connectivity index (χ4v) is 3.51. The molecule has 5 nitrogen and oxygen atoms in total. The highest BCUT2D eigenvalue weighted by molar-refractivity contribution is 5.84. The first-order valence-electron chi connectivity index (χ1n) is 9.10. The average Bonchev–Trinajstić information content (AvgIpc) is 3.08. The number of amides is 1. The summed E-state index contributed by atoms with van der Waals surface area (Å²) in [5.41, 5.74) is 2.01. The summed E-state index contributed by atoms with van der Waals surface area (Å²) in [5, 5.41) is 2.27. The SMILES string of the molecule is O=C(COc1ccc2ccccc2c1)N1CC(c2nc3ccccc3[nH]2)C1. The number of carbonyl (C=O) groups excluding carboxylic acids is 1. The summed E-state index contributed by atoms with van der Waals surface area (Å²) in [6.07, 6.45) is 0. The maximum atomic E-state index is 12.4. The summed E-state index contributed by atoms with van der Waals surface area (Å²) in [6, 6.07) is 22.0. The van der Waals surface area contributed by atoms with Crippen molar-refractivity contribution in [3.63, 3.8) is 0 Å². The van der Waals surface area contributed by atoms with Crippen LogP contribution in [0.2, 0.25) is 0 Å². The Bertz CT molecular complexity index is 1100. The van der Waals surface area contributed by atoms with Crippen molar-refractivity contribution < 1.29 is 9.53 Å². The summed E-state index contributed by atoms with van der Waals surface area (Å²) in [4.78, 5) is 22.2. The fraction of sp³-hybridized carbons (Fsp3) is 0.182. The number of nitrogens with zero attached hydrogens (tertiary/aromatic N) is 2. The third-order valence-corrected chi connectivity index (χ3v) is 5.11. The molecule has 0 aliphatic carbocycles. The van der Waals surface area contributed by atoms with E-state index in [2.05, 4.69) is 16.0 Å². The van der Waals surface area contributed by atoms with Crippen LogP contribution in [0.1, 0.15) is 11.7 Å². The van der Waals surface area contributed by atoms with Crippen LogP contribution < -0.4 is 4.74 Å². The zero-order chi connectivity index (χ0) is 18.2. The molecule has 3 aromatic carbocycles. The summed E-state index contributed by atoms with van der Waals surface area (Å²) in [7, 11) is 0. The Kier molecular flexibility index (Phi) is 3.78. The second-order valence-electron chi connectivity index (χ2n) is 6.93. The predicted octanol–water partition coefficient (Wildman–Crippen LogP) is 3.72. The zero-order valence-electron chi connectivity index (χ0n) is 14.8. The topological polar surface area (TPSA) is 58.2 Å². The summed E-state index contributed by atoms with van der Waals surface area (Å²) >= 11 is 0. The third-order valence-electron chi connectivity index (χ3n) is 5.11. The molecule has 0 spiro atoms. The maximum Gasteiger partial charge on any atom is 0.260 e. The first-order chi connectivity index (χ1) is 13.3. The molecular weight excluding hydrogens is 338 g/mol. The van der Waals surface area contributed by atoms with Crippen LogP contribution in [0.5, 0.6) is 5.75 Å². The molecule has 5 rings (SSSR count). The molecule has 27 heavy (non-hydrogen) atoms. The van der Waals surface area contributed by atoms with Gasteiger partial charge in [0.05, 0.1) is 17.0 Å². The van der Waals surface area contributed by atoms with Crippen molar-refractivity contribution >= 4 is 27.7 Å². The molecule has 0 atom stereocenters. The standard InChI is InChI=1S/C22H19N3O2/c26-21(14-27-18-10-9-15-5-1-2-6-16(15)11-18)25-12-17(13-25)22-23-19-7-3-4-8-20(19)24-22/h1-11,17H,12-14H2,(H,23,24). The number of benzene rings is 3. The van der Waals surface area contributed by atoms with Gasteiger partial charge in [-0.3, -0.25) is 4.79 Å². The molecule has 1 aliphatic heterocycles. The Hall–Kier alpha value is -3.34. The smallest absolute Gasteiger partial charge is 0.260 e. The van der Waals surface area contributed by atoms with E-state index < -0.39 is 0 Å². The van der Waals surface area contributed by atoms with Gasteiger partial charge in [-0.05, 0) is 35.0 Å². The number of fused-ring (bicyclic) bond motifs is 2. The molecule has 0 bridgehead atoms. The van der Waals surface area contributed by atoms with E-state index in [1.165, 1.54) is 0 Å². The number of carbonyl (C=O) groups is 1. The van der Waals surface area contributed by atoms with Crippen LogP contribution in [0.15, 0.2) is 66.7 Å². The number of rotatable bonds is 4. The first-order valence-corrected chi connectivity index (χ1v) is 9.10. The van der Waals surface area contributed by atoms with E-state index in [0.29, 0.717) is 13.1 Å². The number of para-hydroxylation sites is 2. The molecule has 4 aromatic rings. The van der Waals surface area contributed by atoms with Crippen LogP contribution in [0.3, 0.4) is 0 Å². The lowest BCUT2D eigenvalue weighted by atomic mass is 9.99. The van der Waals surface area contributed by atoms with E-state index in [1.54, 1.807) is 0 Å². The Morgan fingerprint density at radius 2 is 1.81 bits per heavy atom.